The van der Waals surface area contributed by atoms with Crippen molar-refractivity contribution in [3.63, 3.8) is 0 Å². The minimum Gasteiger partial charge on any atom is -0.396 e. The van der Waals surface area contributed by atoms with E-state index in [0.29, 0.717) is 11.6 Å². The highest BCUT2D eigenvalue weighted by molar-refractivity contribution is 7.13. The van der Waals surface area contributed by atoms with E-state index >= 15 is 0 Å². The molecule has 3 aromatic rings. The lowest BCUT2D eigenvalue weighted by atomic mass is 10.2. The lowest BCUT2D eigenvalue weighted by molar-refractivity contribution is 0.811. The average Bonchev–Trinajstić information content (AvgIpc) is 2.96. The Morgan fingerprint density at radius 3 is 2.72 bits per heavy atom. The maximum Gasteiger partial charge on any atom is 0.250 e. The van der Waals surface area contributed by atoms with E-state index in [0.717, 1.165) is 10.6 Å². The van der Waals surface area contributed by atoms with Crippen LogP contribution in [0.5, 0.6) is 0 Å². The zero-order valence-corrected chi connectivity index (χ0v) is 10.6. The molecule has 3 rings (SSSR count). The molecular formula is C12H11N5S. The lowest BCUT2D eigenvalue weighted by Crippen LogP contribution is -2.00. The molecule has 3 heterocycles. The smallest absolute Gasteiger partial charge is 0.250 e. The third-order valence-electron chi connectivity index (χ3n) is 2.58. The number of rotatable bonds is 2. The van der Waals surface area contributed by atoms with Gasteiger partial charge in [-0.05, 0) is 30.0 Å². The molecular weight excluding hydrogens is 246 g/mol. The molecule has 0 spiro atoms. The van der Waals surface area contributed by atoms with Gasteiger partial charge in [-0.25, -0.2) is 14.6 Å². The summed E-state index contributed by atoms with van der Waals surface area (Å²) in [7, 11) is 0. The van der Waals surface area contributed by atoms with Gasteiger partial charge in [0.25, 0.3) is 5.95 Å². The van der Waals surface area contributed by atoms with Crippen LogP contribution in [0.15, 0.2) is 36.1 Å². The predicted molar refractivity (Wildman–Crippen MR) is 71.6 cm³/mol. The summed E-state index contributed by atoms with van der Waals surface area (Å²) in [5.41, 5.74) is 8.60. The number of hydrogen-bond acceptors (Lipinski definition) is 5. The van der Waals surface area contributed by atoms with Gasteiger partial charge in [0.1, 0.15) is 5.69 Å². The first-order valence-electron chi connectivity index (χ1n) is 5.42. The van der Waals surface area contributed by atoms with E-state index in [1.165, 1.54) is 5.56 Å². The van der Waals surface area contributed by atoms with Crippen LogP contribution in [0.25, 0.3) is 16.5 Å². The normalized spacial score (nSPS) is 10.7. The highest BCUT2D eigenvalue weighted by Gasteiger charge is 2.13. The third kappa shape index (κ3) is 1.76. The van der Waals surface area contributed by atoms with E-state index in [1.807, 2.05) is 12.3 Å². The number of thiophene rings is 1. The number of nitrogens with two attached hydrogens (primary N) is 1. The summed E-state index contributed by atoms with van der Waals surface area (Å²) in [6, 6.07) is 3.82. The van der Waals surface area contributed by atoms with Crippen LogP contribution in [0, 0.1) is 6.92 Å². The summed E-state index contributed by atoms with van der Waals surface area (Å²) >= 11 is 1.63. The van der Waals surface area contributed by atoms with Crippen molar-refractivity contribution in [1.29, 1.82) is 0 Å². The largest absolute Gasteiger partial charge is 0.396 e. The zero-order chi connectivity index (χ0) is 12.5. The van der Waals surface area contributed by atoms with Gasteiger partial charge in [0.2, 0.25) is 0 Å². The van der Waals surface area contributed by atoms with Gasteiger partial charge in [0.05, 0.1) is 16.8 Å². The van der Waals surface area contributed by atoms with E-state index in [1.54, 1.807) is 40.7 Å². The van der Waals surface area contributed by atoms with Gasteiger partial charge in [-0.3, -0.25) is 0 Å². The van der Waals surface area contributed by atoms with Crippen LogP contribution >= 0.6 is 11.3 Å². The Hall–Kier alpha value is -2.21. The molecule has 3 aromatic heterocycles. The van der Waals surface area contributed by atoms with Gasteiger partial charge in [0.15, 0.2) is 0 Å². The molecule has 5 nitrogen and oxygen atoms in total. The van der Waals surface area contributed by atoms with E-state index in [4.69, 9.17) is 5.73 Å². The molecule has 0 bridgehead atoms. The monoisotopic (exact) mass is 257 g/mol. The van der Waals surface area contributed by atoms with Crippen LogP contribution in [0.3, 0.4) is 0 Å². The molecule has 90 valence electrons. The molecule has 0 aromatic carbocycles. The molecule has 0 saturated heterocycles. The van der Waals surface area contributed by atoms with E-state index < -0.39 is 0 Å². The van der Waals surface area contributed by atoms with Crippen LogP contribution in [0.4, 0.5) is 5.69 Å². The van der Waals surface area contributed by atoms with Gasteiger partial charge in [-0.15, -0.1) is 11.3 Å². The number of hydrogen-bond donors (Lipinski definition) is 1. The third-order valence-corrected chi connectivity index (χ3v) is 3.60. The summed E-state index contributed by atoms with van der Waals surface area (Å²) in [5, 5.41) is 6.49. The van der Waals surface area contributed by atoms with Crippen molar-refractivity contribution in [2.24, 2.45) is 0 Å². The van der Waals surface area contributed by atoms with Crippen molar-refractivity contribution in [2.45, 2.75) is 6.92 Å². The highest BCUT2D eigenvalue weighted by atomic mass is 32.1. The topological polar surface area (TPSA) is 69.6 Å². The molecule has 0 fully saturated rings. The van der Waals surface area contributed by atoms with Crippen molar-refractivity contribution in [3.05, 3.63) is 41.7 Å². The molecule has 0 saturated carbocycles. The Morgan fingerprint density at radius 1 is 1.28 bits per heavy atom. The second-order valence-electron chi connectivity index (χ2n) is 3.86. The fraction of sp³-hybridized carbons (Fsp3) is 0.0833. The van der Waals surface area contributed by atoms with Gasteiger partial charge < -0.3 is 5.73 Å². The van der Waals surface area contributed by atoms with E-state index in [-0.39, 0.29) is 0 Å². The first-order chi connectivity index (χ1) is 8.75. The quantitative estimate of drug-likeness (QED) is 0.764. The summed E-state index contributed by atoms with van der Waals surface area (Å²) < 4.78 is 1.60. The van der Waals surface area contributed by atoms with Crippen LogP contribution in [0.2, 0.25) is 0 Å². The standard InChI is InChI=1S/C12H11N5S/c1-8-3-6-18-11(8)10-9(13)7-17(16-10)12-14-4-2-5-15-12/h2-7H,13H2,1H3. The number of aromatic nitrogens is 4. The Kier molecular flexibility index (Phi) is 2.56. The van der Waals surface area contributed by atoms with Crippen LogP contribution in [0.1, 0.15) is 5.56 Å². The maximum atomic E-state index is 6.01. The molecule has 2 N–H and O–H groups in total. The SMILES string of the molecule is Cc1ccsc1-c1nn(-c2ncccn2)cc1N. The number of aryl methyl sites for hydroxylation is 1. The number of anilines is 1. The zero-order valence-electron chi connectivity index (χ0n) is 9.74. The summed E-state index contributed by atoms with van der Waals surface area (Å²) in [5.74, 6) is 0.518. The molecule has 0 atom stereocenters. The fourth-order valence-corrected chi connectivity index (χ4v) is 2.62. The van der Waals surface area contributed by atoms with Gasteiger partial charge in [-0.2, -0.15) is 5.10 Å². The molecule has 0 aliphatic carbocycles. The first kappa shape index (κ1) is 10.9. The molecule has 0 aliphatic heterocycles. The van der Waals surface area contributed by atoms with Crippen LogP contribution in [-0.4, -0.2) is 19.7 Å². The second-order valence-corrected chi connectivity index (χ2v) is 4.78. The van der Waals surface area contributed by atoms with E-state index in [9.17, 15) is 0 Å². The minimum atomic E-state index is 0.518. The molecule has 0 unspecified atom stereocenters. The average molecular weight is 257 g/mol. The Morgan fingerprint density at radius 2 is 2.06 bits per heavy atom. The molecule has 0 amide bonds. The van der Waals surface area contributed by atoms with Crippen molar-refractivity contribution < 1.29 is 0 Å². The predicted octanol–water partition coefficient (Wildman–Crippen LogP) is 2.28. The van der Waals surface area contributed by atoms with Gasteiger partial charge in [0, 0.05) is 12.4 Å². The van der Waals surface area contributed by atoms with Crippen molar-refractivity contribution in [3.8, 4) is 16.5 Å². The van der Waals surface area contributed by atoms with Crippen molar-refractivity contribution in [1.82, 2.24) is 19.7 Å². The van der Waals surface area contributed by atoms with Gasteiger partial charge in [-0.1, -0.05) is 0 Å². The molecule has 6 heteroatoms. The molecule has 0 radical (unpaired) electrons. The highest BCUT2D eigenvalue weighted by Crippen LogP contribution is 2.32. The Bertz CT molecular complexity index is 671. The first-order valence-corrected chi connectivity index (χ1v) is 6.30. The van der Waals surface area contributed by atoms with Crippen molar-refractivity contribution in [2.75, 3.05) is 5.73 Å². The van der Waals surface area contributed by atoms with Crippen LogP contribution < -0.4 is 5.73 Å². The maximum absolute atomic E-state index is 6.01. The number of nitrogens with zero attached hydrogens (tertiary/aromatic N) is 4. The van der Waals surface area contributed by atoms with E-state index in [2.05, 4.69) is 21.1 Å². The lowest BCUT2D eigenvalue weighted by Gasteiger charge is -1.97. The second kappa shape index (κ2) is 4.23. The number of nitrogen functional groups attached to an aromatic ring is 1. The summed E-state index contributed by atoms with van der Waals surface area (Å²) in [4.78, 5) is 9.37. The van der Waals surface area contributed by atoms with Crippen LogP contribution in [-0.2, 0) is 0 Å². The Labute approximate surface area is 108 Å². The molecule has 0 aliphatic rings. The van der Waals surface area contributed by atoms with Gasteiger partial charge >= 0.3 is 0 Å². The summed E-state index contributed by atoms with van der Waals surface area (Å²) in [6.07, 6.45) is 5.09. The minimum absolute atomic E-state index is 0.518. The fourth-order valence-electron chi connectivity index (χ4n) is 1.69. The summed E-state index contributed by atoms with van der Waals surface area (Å²) in [6.45, 7) is 2.04. The Balaban J connectivity index is 2.10. The molecule has 18 heavy (non-hydrogen) atoms. The van der Waals surface area contributed by atoms with Crippen molar-refractivity contribution >= 4 is 17.0 Å².